The summed E-state index contributed by atoms with van der Waals surface area (Å²) in [4.78, 5) is 12.0. The number of nitrogens with zero attached hydrogens (tertiary/aromatic N) is 1. The minimum atomic E-state index is -3.66. The van der Waals surface area contributed by atoms with Crippen LogP contribution >= 0.6 is 0 Å². The number of aryl methyl sites for hydroxylation is 1. The SMILES string of the molecule is COC(=O)/C=C1\CN(S(=O)(=O)c2ccc(C)cc2)C\C1=C\c1ccccc1. The van der Waals surface area contributed by atoms with Crippen molar-refractivity contribution in [1.29, 1.82) is 0 Å². The lowest BCUT2D eigenvalue weighted by Crippen LogP contribution is -2.28. The molecule has 0 N–H and O–H groups in total. The standard InChI is InChI=1S/C21H21NO4S/c1-16-8-10-20(11-9-16)27(24,25)22-14-18(12-17-6-4-3-5-7-17)19(15-22)13-21(23)26-2/h3-13H,14-15H2,1-2H3/b18-12-,19-13+. The van der Waals surface area contributed by atoms with E-state index in [0.29, 0.717) is 5.57 Å². The topological polar surface area (TPSA) is 63.7 Å². The van der Waals surface area contributed by atoms with E-state index in [1.807, 2.05) is 43.3 Å². The van der Waals surface area contributed by atoms with Crippen LogP contribution in [0.2, 0.25) is 0 Å². The van der Waals surface area contributed by atoms with Gasteiger partial charge in [-0.05, 0) is 35.8 Å². The van der Waals surface area contributed by atoms with Crippen molar-refractivity contribution in [2.24, 2.45) is 0 Å². The quantitative estimate of drug-likeness (QED) is 0.601. The van der Waals surface area contributed by atoms with Gasteiger partial charge in [-0.1, -0.05) is 54.1 Å². The molecule has 3 rings (SSSR count). The van der Waals surface area contributed by atoms with Crippen LogP contribution in [0.4, 0.5) is 0 Å². The molecule has 0 saturated carbocycles. The van der Waals surface area contributed by atoms with E-state index in [2.05, 4.69) is 0 Å². The lowest BCUT2D eigenvalue weighted by molar-refractivity contribution is -0.134. The number of benzene rings is 2. The molecule has 1 fully saturated rings. The molecule has 0 aromatic heterocycles. The van der Waals surface area contributed by atoms with Crippen LogP contribution in [0.25, 0.3) is 6.08 Å². The third-order valence-electron chi connectivity index (χ3n) is 4.40. The summed E-state index contributed by atoms with van der Waals surface area (Å²) >= 11 is 0. The average Bonchev–Trinajstić information content (AvgIpc) is 3.06. The molecule has 0 spiro atoms. The second-order valence-electron chi connectivity index (χ2n) is 6.36. The van der Waals surface area contributed by atoms with Crippen molar-refractivity contribution < 1.29 is 17.9 Å². The van der Waals surface area contributed by atoms with E-state index in [9.17, 15) is 13.2 Å². The zero-order chi connectivity index (χ0) is 19.4. The second kappa shape index (κ2) is 7.90. The molecular weight excluding hydrogens is 362 g/mol. The number of rotatable bonds is 4. The number of methoxy groups -OCH3 is 1. The van der Waals surface area contributed by atoms with Gasteiger partial charge in [0, 0.05) is 19.2 Å². The van der Waals surface area contributed by atoms with E-state index in [4.69, 9.17) is 4.74 Å². The molecule has 6 heteroatoms. The van der Waals surface area contributed by atoms with E-state index < -0.39 is 16.0 Å². The average molecular weight is 383 g/mol. The molecule has 0 radical (unpaired) electrons. The highest BCUT2D eigenvalue weighted by molar-refractivity contribution is 7.89. The molecule has 0 unspecified atom stereocenters. The summed E-state index contributed by atoms with van der Waals surface area (Å²) in [5.74, 6) is -0.501. The third-order valence-corrected chi connectivity index (χ3v) is 6.20. The summed E-state index contributed by atoms with van der Waals surface area (Å²) in [6.45, 7) is 2.24. The summed E-state index contributed by atoms with van der Waals surface area (Å²) < 4.78 is 32.1. The van der Waals surface area contributed by atoms with Crippen LogP contribution in [-0.2, 0) is 19.6 Å². The smallest absolute Gasteiger partial charge is 0.330 e. The van der Waals surface area contributed by atoms with Crippen molar-refractivity contribution >= 4 is 22.1 Å². The van der Waals surface area contributed by atoms with Gasteiger partial charge in [0.2, 0.25) is 10.0 Å². The third kappa shape index (κ3) is 4.35. The zero-order valence-corrected chi connectivity index (χ0v) is 16.1. The number of carbonyl (C=O) groups is 1. The molecule has 1 aliphatic rings. The summed E-state index contributed by atoms with van der Waals surface area (Å²) in [7, 11) is -2.36. The van der Waals surface area contributed by atoms with Crippen LogP contribution in [-0.4, -0.2) is 38.9 Å². The first-order valence-corrected chi connectivity index (χ1v) is 9.95. The maximum Gasteiger partial charge on any atom is 0.330 e. The molecule has 1 heterocycles. The van der Waals surface area contributed by atoms with E-state index in [1.165, 1.54) is 17.5 Å². The number of hydrogen-bond donors (Lipinski definition) is 0. The highest BCUT2D eigenvalue weighted by Gasteiger charge is 2.32. The maximum atomic E-state index is 13.0. The Balaban J connectivity index is 1.97. The summed E-state index contributed by atoms with van der Waals surface area (Å²) in [6, 6.07) is 16.3. The maximum absolute atomic E-state index is 13.0. The molecule has 0 amide bonds. The fourth-order valence-corrected chi connectivity index (χ4v) is 4.29. The largest absolute Gasteiger partial charge is 0.466 e. The van der Waals surface area contributed by atoms with Gasteiger partial charge in [0.15, 0.2) is 0 Å². The van der Waals surface area contributed by atoms with Crippen LogP contribution < -0.4 is 0 Å². The Hall–Kier alpha value is -2.70. The molecule has 140 valence electrons. The van der Waals surface area contributed by atoms with Gasteiger partial charge in [-0.2, -0.15) is 4.31 Å². The van der Waals surface area contributed by atoms with Gasteiger partial charge in [0.05, 0.1) is 12.0 Å². The van der Waals surface area contributed by atoms with Crippen LogP contribution in [0.5, 0.6) is 0 Å². The predicted molar refractivity (Wildman–Crippen MR) is 104 cm³/mol. The van der Waals surface area contributed by atoms with Gasteiger partial charge in [0.25, 0.3) is 0 Å². The summed E-state index contributed by atoms with van der Waals surface area (Å²) in [5.41, 5.74) is 3.35. The monoisotopic (exact) mass is 383 g/mol. The number of ether oxygens (including phenoxy) is 1. The van der Waals surface area contributed by atoms with Gasteiger partial charge in [-0.15, -0.1) is 0 Å². The Morgan fingerprint density at radius 2 is 1.63 bits per heavy atom. The Bertz CT molecular complexity index is 990. The van der Waals surface area contributed by atoms with Crippen molar-refractivity contribution in [2.75, 3.05) is 20.2 Å². The highest BCUT2D eigenvalue weighted by Crippen LogP contribution is 2.29. The zero-order valence-electron chi connectivity index (χ0n) is 15.3. The summed E-state index contributed by atoms with van der Waals surface area (Å²) in [6.07, 6.45) is 3.26. The molecular formula is C21H21NO4S. The minimum absolute atomic E-state index is 0.129. The molecule has 2 aromatic carbocycles. The summed E-state index contributed by atoms with van der Waals surface area (Å²) in [5, 5.41) is 0. The number of carbonyl (C=O) groups excluding carboxylic acids is 1. The van der Waals surface area contributed by atoms with Crippen molar-refractivity contribution in [3.8, 4) is 0 Å². The van der Waals surface area contributed by atoms with E-state index >= 15 is 0 Å². The van der Waals surface area contributed by atoms with Crippen molar-refractivity contribution in [1.82, 2.24) is 4.31 Å². The van der Waals surface area contributed by atoms with Crippen LogP contribution in [0.1, 0.15) is 11.1 Å². The van der Waals surface area contributed by atoms with Gasteiger partial charge >= 0.3 is 5.97 Å². The Morgan fingerprint density at radius 3 is 2.26 bits per heavy atom. The minimum Gasteiger partial charge on any atom is -0.466 e. The molecule has 0 aliphatic carbocycles. The fourth-order valence-electron chi connectivity index (χ4n) is 2.90. The van der Waals surface area contributed by atoms with E-state index in [-0.39, 0.29) is 18.0 Å². The number of esters is 1. The normalized spacial score (nSPS) is 18.1. The predicted octanol–water partition coefficient (Wildman–Crippen LogP) is 3.18. The first-order chi connectivity index (χ1) is 12.9. The van der Waals surface area contributed by atoms with Crippen LogP contribution in [0.15, 0.2) is 76.7 Å². The van der Waals surface area contributed by atoms with Crippen molar-refractivity contribution in [3.63, 3.8) is 0 Å². The molecule has 1 aliphatic heterocycles. The van der Waals surface area contributed by atoms with Gasteiger partial charge in [-0.25, -0.2) is 13.2 Å². The molecule has 1 saturated heterocycles. The van der Waals surface area contributed by atoms with E-state index in [0.717, 1.165) is 16.7 Å². The number of sulfonamides is 1. The van der Waals surface area contributed by atoms with Crippen LogP contribution in [0.3, 0.4) is 0 Å². The van der Waals surface area contributed by atoms with Gasteiger partial charge in [0.1, 0.15) is 0 Å². The Morgan fingerprint density at radius 1 is 1.00 bits per heavy atom. The first kappa shape index (κ1) is 19.1. The molecule has 0 bridgehead atoms. The molecule has 2 aromatic rings. The van der Waals surface area contributed by atoms with Crippen molar-refractivity contribution in [2.45, 2.75) is 11.8 Å². The van der Waals surface area contributed by atoms with E-state index in [1.54, 1.807) is 24.3 Å². The molecule has 0 atom stereocenters. The second-order valence-corrected chi connectivity index (χ2v) is 8.30. The highest BCUT2D eigenvalue weighted by atomic mass is 32.2. The Kier molecular flexibility index (Phi) is 5.58. The van der Waals surface area contributed by atoms with Gasteiger partial charge in [-0.3, -0.25) is 0 Å². The first-order valence-electron chi connectivity index (χ1n) is 8.51. The number of hydrogen-bond acceptors (Lipinski definition) is 4. The molecule has 27 heavy (non-hydrogen) atoms. The Labute approximate surface area is 159 Å². The van der Waals surface area contributed by atoms with Gasteiger partial charge < -0.3 is 4.74 Å². The van der Waals surface area contributed by atoms with Crippen molar-refractivity contribution in [3.05, 3.63) is 82.9 Å². The lowest BCUT2D eigenvalue weighted by Gasteiger charge is -2.15. The lowest BCUT2D eigenvalue weighted by atomic mass is 10.1. The fraction of sp³-hybridized carbons (Fsp3) is 0.190. The molecule has 5 nitrogen and oxygen atoms in total. The van der Waals surface area contributed by atoms with Crippen LogP contribution in [0, 0.1) is 6.92 Å².